The maximum absolute atomic E-state index is 12.0. The molecular formula is C15H14N4O2. The van der Waals surface area contributed by atoms with Crippen LogP contribution in [-0.4, -0.2) is 23.6 Å². The summed E-state index contributed by atoms with van der Waals surface area (Å²) in [6.07, 6.45) is 7.51. The summed E-state index contributed by atoms with van der Waals surface area (Å²) in [7, 11) is 0. The van der Waals surface area contributed by atoms with Crippen LogP contribution in [-0.2, 0) is 4.79 Å². The molecule has 0 unspecified atom stereocenters. The highest BCUT2D eigenvalue weighted by atomic mass is 16.2. The lowest BCUT2D eigenvalue weighted by Gasteiger charge is -2.13. The number of nitrogens with zero attached hydrogens (tertiary/aromatic N) is 1. The van der Waals surface area contributed by atoms with E-state index in [0.29, 0.717) is 17.0 Å². The molecule has 1 aromatic rings. The number of amides is 2. The fourth-order valence-electron chi connectivity index (χ4n) is 2.36. The minimum absolute atomic E-state index is 0.0921. The molecule has 0 spiro atoms. The van der Waals surface area contributed by atoms with Crippen molar-refractivity contribution in [3.05, 3.63) is 54.1 Å². The minimum atomic E-state index is -0.401. The molecule has 1 saturated heterocycles. The van der Waals surface area contributed by atoms with Crippen molar-refractivity contribution in [2.24, 2.45) is 11.0 Å². The summed E-state index contributed by atoms with van der Waals surface area (Å²) >= 11 is 0. The van der Waals surface area contributed by atoms with E-state index in [2.05, 4.69) is 15.8 Å². The SMILES string of the molecule is Nc1cccc(C(=O)N/N=C2\C(=O)N[C@@H]3C=CC=C[C@@H]23)c1. The zero-order valence-electron chi connectivity index (χ0n) is 11.1. The van der Waals surface area contributed by atoms with Crippen molar-refractivity contribution in [1.82, 2.24) is 10.7 Å². The summed E-state index contributed by atoms with van der Waals surface area (Å²) in [4.78, 5) is 23.8. The third-order valence-corrected chi connectivity index (χ3v) is 3.41. The van der Waals surface area contributed by atoms with Crippen molar-refractivity contribution in [2.75, 3.05) is 5.73 Å². The topological polar surface area (TPSA) is 96.6 Å². The number of fused-ring (bicyclic) bond motifs is 1. The number of rotatable bonds is 2. The average molecular weight is 282 g/mol. The lowest BCUT2D eigenvalue weighted by atomic mass is 9.95. The van der Waals surface area contributed by atoms with E-state index in [9.17, 15) is 9.59 Å². The fourth-order valence-corrected chi connectivity index (χ4v) is 2.36. The molecule has 6 nitrogen and oxygen atoms in total. The second-order valence-corrected chi connectivity index (χ2v) is 4.86. The lowest BCUT2D eigenvalue weighted by Crippen LogP contribution is -2.26. The molecule has 1 heterocycles. The smallest absolute Gasteiger partial charge is 0.271 e. The zero-order chi connectivity index (χ0) is 14.8. The predicted octanol–water partition coefficient (Wildman–Crippen LogP) is 0.595. The highest BCUT2D eigenvalue weighted by molar-refractivity contribution is 6.42. The molecule has 0 aromatic heterocycles. The van der Waals surface area contributed by atoms with Gasteiger partial charge in [-0.25, -0.2) is 5.43 Å². The van der Waals surface area contributed by atoms with E-state index < -0.39 is 5.91 Å². The predicted molar refractivity (Wildman–Crippen MR) is 79.5 cm³/mol. The Labute approximate surface area is 121 Å². The van der Waals surface area contributed by atoms with Crippen LogP contribution < -0.4 is 16.5 Å². The number of hydrogen-bond donors (Lipinski definition) is 3. The Kier molecular flexibility index (Phi) is 3.27. The van der Waals surface area contributed by atoms with Crippen LogP contribution in [0.2, 0.25) is 0 Å². The van der Waals surface area contributed by atoms with Gasteiger partial charge in [-0.05, 0) is 18.2 Å². The van der Waals surface area contributed by atoms with Gasteiger partial charge in [-0.2, -0.15) is 5.10 Å². The molecule has 1 aliphatic carbocycles. The monoisotopic (exact) mass is 282 g/mol. The van der Waals surface area contributed by atoms with Gasteiger partial charge in [0.25, 0.3) is 11.8 Å². The van der Waals surface area contributed by atoms with E-state index in [1.807, 2.05) is 24.3 Å². The van der Waals surface area contributed by atoms with Crippen LogP contribution in [0.3, 0.4) is 0 Å². The maximum Gasteiger partial charge on any atom is 0.271 e. The van der Waals surface area contributed by atoms with E-state index in [1.165, 1.54) is 0 Å². The van der Waals surface area contributed by atoms with Gasteiger partial charge < -0.3 is 11.1 Å². The van der Waals surface area contributed by atoms with Crippen molar-refractivity contribution >= 4 is 23.2 Å². The summed E-state index contributed by atoms with van der Waals surface area (Å²) in [5, 5.41) is 6.77. The molecule has 1 fully saturated rings. The molecule has 106 valence electrons. The van der Waals surface area contributed by atoms with Crippen LogP contribution in [0, 0.1) is 5.92 Å². The van der Waals surface area contributed by atoms with Gasteiger partial charge in [0, 0.05) is 11.3 Å². The fraction of sp³-hybridized carbons (Fsp3) is 0.133. The van der Waals surface area contributed by atoms with Gasteiger partial charge in [-0.1, -0.05) is 30.4 Å². The average Bonchev–Trinajstić information content (AvgIpc) is 2.80. The number of hydrogen-bond acceptors (Lipinski definition) is 4. The first kappa shape index (κ1) is 13.1. The molecule has 2 aliphatic rings. The molecule has 2 atom stereocenters. The van der Waals surface area contributed by atoms with Gasteiger partial charge >= 0.3 is 0 Å². The lowest BCUT2D eigenvalue weighted by molar-refractivity contribution is -0.114. The Morgan fingerprint density at radius 3 is 2.90 bits per heavy atom. The van der Waals surface area contributed by atoms with Crippen molar-refractivity contribution in [3.63, 3.8) is 0 Å². The Morgan fingerprint density at radius 1 is 1.29 bits per heavy atom. The Bertz CT molecular complexity index is 691. The molecule has 6 heteroatoms. The first-order valence-electron chi connectivity index (χ1n) is 6.54. The van der Waals surface area contributed by atoms with Crippen LogP contribution in [0.4, 0.5) is 5.69 Å². The molecule has 2 amide bonds. The molecule has 21 heavy (non-hydrogen) atoms. The van der Waals surface area contributed by atoms with E-state index in [1.54, 1.807) is 24.3 Å². The van der Waals surface area contributed by atoms with Crippen LogP contribution in [0.25, 0.3) is 0 Å². The zero-order valence-corrected chi connectivity index (χ0v) is 11.1. The quantitative estimate of drug-likeness (QED) is 0.547. The first-order chi connectivity index (χ1) is 10.1. The second-order valence-electron chi connectivity index (χ2n) is 4.86. The number of nitrogens with one attached hydrogen (secondary N) is 2. The number of carbonyl (C=O) groups excluding carboxylic acids is 2. The van der Waals surface area contributed by atoms with Crippen molar-refractivity contribution in [1.29, 1.82) is 0 Å². The highest BCUT2D eigenvalue weighted by Crippen LogP contribution is 2.20. The van der Waals surface area contributed by atoms with Gasteiger partial charge in [0.2, 0.25) is 0 Å². The van der Waals surface area contributed by atoms with Gasteiger partial charge in [-0.15, -0.1) is 0 Å². The number of benzene rings is 1. The number of allylic oxidation sites excluding steroid dienone is 2. The molecular weight excluding hydrogens is 268 g/mol. The van der Waals surface area contributed by atoms with Crippen molar-refractivity contribution in [3.8, 4) is 0 Å². The van der Waals surface area contributed by atoms with Crippen molar-refractivity contribution < 1.29 is 9.59 Å². The molecule has 1 aromatic carbocycles. The molecule has 0 radical (unpaired) electrons. The number of nitrogen functional groups attached to an aromatic ring is 1. The molecule has 0 saturated carbocycles. The number of carbonyl (C=O) groups is 2. The summed E-state index contributed by atoms with van der Waals surface area (Å²) < 4.78 is 0. The minimum Gasteiger partial charge on any atom is -0.399 e. The van der Waals surface area contributed by atoms with Crippen LogP contribution in [0.15, 0.2) is 53.7 Å². The largest absolute Gasteiger partial charge is 0.399 e. The Hall–Kier alpha value is -2.89. The van der Waals surface area contributed by atoms with Gasteiger partial charge in [0.15, 0.2) is 0 Å². The molecule has 3 rings (SSSR count). The standard InChI is InChI=1S/C15H14N4O2/c16-10-5-3-4-9(8-10)14(20)19-18-13-11-6-1-2-7-12(11)17-15(13)21/h1-8,11-12H,16H2,(H,17,21)(H,19,20)/b18-13-/t11-,12-/m1/s1. The molecule has 1 aliphatic heterocycles. The summed E-state index contributed by atoms with van der Waals surface area (Å²) in [5.41, 5.74) is 9.23. The van der Waals surface area contributed by atoms with Crippen molar-refractivity contribution in [2.45, 2.75) is 6.04 Å². The van der Waals surface area contributed by atoms with Gasteiger partial charge in [0.1, 0.15) is 5.71 Å². The van der Waals surface area contributed by atoms with E-state index in [4.69, 9.17) is 5.73 Å². The maximum atomic E-state index is 12.0. The highest BCUT2D eigenvalue weighted by Gasteiger charge is 2.37. The Balaban J connectivity index is 1.76. The van der Waals surface area contributed by atoms with Crippen LogP contribution >= 0.6 is 0 Å². The summed E-state index contributed by atoms with van der Waals surface area (Å²) in [6, 6.07) is 6.47. The van der Waals surface area contributed by atoms with E-state index >= 15 is 0 Å². The summed E-state index contributed by atoms with van der Waals surface area (Å²) in [6.45, 7) is 0. The number of nitrogens with two attached hydrogens (primary N) is 1. The van der Waals surface area contributed by atoms with Crippen LogP contribution in [0.5, 0.6) is 0 Å². The first-order valence-corrected chi connectivity index (χ1v) is 6.54. The Morgan fingerprint density at radius 2 is 2.10 bits per heavy atom. The third kappa shape index (κ3) is 2.55. The normalized spacial score (nSPS) is 24.8. The van der Waals surface area contributed by atoms with Gasteiger partial charge in [-0.3, -0.25) is 9.59 Å². The molecule has 4 N–H and O–H groups in total. The number of anilines is 1. The van der Waals surface area contributed by atoms with Crippen LogP contribution in [0.1, 0.15) is 10.4 Å². The van der Waals surface area contributed by atoms with E-state index in [-0.39, 0.29) is 17.9 Å². The molecule has 0 bridgehead atoms. The second kappa shape index (κ2) is 5.24. The third-order valence-electron chi connectivity index (χ3n) is 3.41. The number of hydrazone groups is 1. The van der Waals surface area contributed by atoms with Gasteiger partial charge in [0.05, 0.1) is 12.0 Å². The summed E-state index contributed by atoms with van der Waals surface area (Å²) in [5.74, 6) is -0.820. The van der Waals surface area contributed by atoms with E-state index in [0.717, 1.165) is 0 Å².